The molecule has 4 aromatic rings. The van der Waals surface area contributed by atoms with E-state index in [1.54, 1.807) is 19.2 Å². The Kier molecular flexibility index (Phi) is 8.84. The van der Waals surface area contributed by atoms with Crippen LogP contribution >= 0.6 is 23.1 Å². The van der Waals surface area contributed by atoms with Gasteiger partial charge in [-0.1, -0.05) is 29.8 Å². The molecule has 0 saturated carbocycles. The topological polar surface area (TPSA) is 112 Å². The van der Waals surface area contributed by atoms with E-state index >= 15 is 0 Å². The lowest BCUT2D eigenvalue weighted by atomic mass is 9.89. The average molecular weight is 649 g/mol. The molecule has 1 unspecified atom stereocenters. The Balaban J connectivity index is 1.34. The number of benzene rings is 3. The third kappa shape index (κ3) is 6.15. The lowest BCUT2D eigenvalue weighted by Crippen LogP contribution is -2.46. The molecule has 1 saturated heterocycles. The Morgan fingerprint density at radius 2 is 1.78 bits per heavy atom. The van der Waals surface area contributed by atoms with Gasteiger partial charge in [-0.25, -0.2) is 9.18 Å². The minimum atomic E-state index is -1.07. The van der Waals surface area contributed by atoms with E-state index in [0.29, 0.717) is 17.7 Å². The average Bonchev–Trinajstić information content (AvgIpc) is 3.55. The van der Waals surface area contributed by atoms with Gasteiger partial charge in [0.1, 0.15) is 10.9 Å². The second-order valence-corrected chi connectivity index (χ2v) is 12.2. The van der Waals surface area contributed by atoms with Crippen LogP contribution in [0.25, 0.3) is 11.3 Å². The zero-order chi connectivity index (χ0) is 31.7. The Bertz CT molecular complexity index is 1760. The summed E-state index contributed by atoms with van der Waals surface area (Å²) in [6.45, 7) is 1.90. The largest absolute Gasteiger partial charge is 0.478 e. The molecule has 0 aliphatic carbocycles. The van der Waals surface area contributed by atoms with Gasteiger partial charge in [0, 0.05) is 43.7 Å². The summed E-state index contributed by atoms with van der Waals surface area (Å²) in [5, 5.41) is 12.1. The summed E-state index contributed by atoms with van der Waals surface area (Å²) in [5.41, 5.74) is 3.71. The summed E-state index contributed by atoms with van der Waals surface area (Å²) in [4.78, 5) is 43.5. The van der Waals surface area contributed by atoms with Gasteiger partial charge in [-0.05, 0) is 90.5 Å². The number of carboxylic acid groups (broad SMARTS) is 1. The standard InChI is InChI=1S/C33H30ClFN4O5S/c1-44-21-12-15-38(16-13-21)27-7-3-4-23-22(27)14-17-39(30(23)31(40)36-20-10-8-19(9-11-20)33(42)43)32(41)28-18-26(37-45-28)24-5-2-6-25(34)29(24)35/h2-11,18,21,30H,12-17H2,1H3,(H,36,40)(H,42,43). The van der Waals surface area contributed by atoms with Gasteiger partial charge in [0.25, 0.3) is 11.8 Å². The van der Waals surface area contributed by atoms with Gasteiger partial charge in [0.15, 0.2) is 5.82 Å². The van der Waals surface area contributed by atoms with Gasteiger partial charge in [0.2, 0.25) is 0 Å². The number of nitrogens with zero attached hydrogens (tertiary/aromatic N) is 3. The summed E-state index contributed by atoms with van der Waals surface area (Å²) in [5.74, 6) is -2.54. The highest BCUT2D eigenvalue weighted by atomic mass is 35.5. The maximum atomic E-state index is 14.7. The van der Waals surface area contributed by atoms with E-state index in [2.05, 4.69) is 20.7 Å². The zero-order valence-electron chi connectivity index (χ0n) is 24.3. The highest BCUT2D eigenvalue weighted by molar-refractivity contribution is 7.08. The fraction of sp³-hybridized carbons (Fsp3) is 0.273. The van der Waals surface area contributed by atoms with E-state index in [-0.39, 0.29) is 39.4 Å². The molecule has 2 amide bonds. The fourth-order valence-electron chi connectivity index (χ4n) is 6.03. The van der Waals surface area contributed by atoms with Crippen molar-refractivity contribution in [2.75, 3.05) is 37.0 Å². The molecule has 3 heterocycles. The molecule has 9 nitrogen and oxygen atoms in total. The predicted octanol–water partition coefficient (Wildman–Crippen LogP) is 6.29. The Morgan fingerprint density at radius 3 is 2.49 bits per heavy atom. The van der Waals surface area contributed by atoms with E-state index in [4.69, 9.17) is 16.3 Å². The lowest BCUT2D eigenvalue weighted by molar-refractivity contribution is -0.121. The van der Waals surface area contributed by atoms with Crippen molar-refractivity contribution in [1.29, 1.82) is 0 Å². The van der Waals surface area contributed by atoms with Crippen LogP contribution in [0.5, 0.6) is 0 Å². The first-order valence-electron chi connectivity index (χ1n) is 14.5. The predicted molar refractivity (Wildman–Crippen MR) is 171 cm³/mol. The van der Waals surface area contributed by atoms with Crippen LogP contribution in [0, 0.1) is 5.82 Å². The van der Waals surface area contributed by atoms with Crippen LogP contribution in [0.3, 0.4) is 0 Å². The van der Waals surface area contributed by atoms with Gasteiger partial charge in [-0.15, -0.1) is 0 Å². The van der Waals surface area contributed by atoms with Crippen molar-refractivity contribution in [3.63, 3.8) is 0 Å². The van der Waals surface area contributed by atoms with Crippen molar-refractivity contribution >= 4 is 52.3 Å². The number of carbonyl (C=O) groups is 3. The fourth-order valence-corrected chi connectivity index (χ4v) is 6.91. The number of anilines is 2. The Labute approximate surface area is 268 Å². The molecule has 1 atom stereocenters. The maximum absolute atomic E-state index is 14.7. The molecule has 0 radical (unpaired) electrons. The highest BCUT2D eigenvalue weighted by Gasteiger charge is 2.39. The maximum Gasteiger partial charge on any atom is 0.335 e. The quantitative estimate of drug-likeness (QED) is 0.242. The van der Waals surface area contributed by atoms with Crippen LogP contribution in [-0.4, -0.2) is 65.0 Å². The minimum absolute atomic E-state index is 0.0450. The molecule has 1 aromatic heterocycles. The van der Waals surface area contributed by atoms with Crippen LogP contribution in [0.1, 0.15) is 50.0 Å². The normalized spacial score (nSPS) is 16.7. The van der Waals surface area contributed by atoms with Crippen molar-refractivity contribution < 1.29 is 28.6 Å². The van der Waals surface area contributed by atoms with Crippen LogP contribution in [0.4, 0.5) is 15.8 Å². The SMILES string of the molecule is COC1CCN(c2cccc3c2CCN(C(=O)c2cc(-c4cccc(Cl)c4F)ns2)C3C(=O)Nc2ccc(C(=O)O)cc2)CC1. The molecule has 232 valence electrons. The number of ether oxygens (including phenoxy) is 1. The lowest BCUT2D eigenvalue weighted by Gasteiger charge is -2.40. The molecule has 6 rings (SSSR count). The number of carbonyl (C=O) groups excluding carboxylic acids is 2. The number of piperidine rings is 1. The summed E-state index contributed by atoms with van der Waals surface area (Å²) in [7, 11) is 1.73. The second kappa shape index (κ2) is 13.0. The number of halogens is 2. The Hall–Kier alpha value is -4.32. The molecule has 0 spiro atoms. The molecule has 45 heavy (non-hydrogen) atoms. The number of rotatable bonds is 7. The molecule has 0 bridgehead atoms. The first-order chi connectivity index (χ1) is 21.7. The third-order valence-electron chi connectivity index (χ3n) is 8.37. The summed E-state index contributed by atoms with van der Waals surface area (Å²) < 4.78 is 24.6. The third-order valence-corrected chi connectivity index (χ3v) is 9.44. The van der Waals surface area contributed by atoms with E-state index in [1.807, 2.05) is 12.1 Å². The number of methoxy groups -OCH3 is 1. The van der Waals surface area contributed by atoms with Crippen LogP contribution < -0.4 is 10.2 Å². The molecule has 12 heteroatoms. The summed E-state index contributed by atoms with van der Waals surface area (Å²) in [6.07, 6.45) is 2.53. The summed E-state index contributed by atoms with van der Waals surface area (Å²) >= 11 is 6.91. The number of aromatic carboxylic acids is 1. The van der Waals surface area contributed by atoms with E-state index in [1.165, 1.54) is 41.3 Å². The number of hydrogen-bond donors (Lipinski definition) is 2. The van der Waals surface area contributed by atoms with Crippen molar-refractivity contribution in [2.45, 2.75) is 31.4 Å². The van der Waals surface area contributed by atoms with E-state index < -0.39 is 29.6 Å². The highest BCUT2D eigenvalue weighted by Crippen LogP contribution is 2.39. The minimum Gasteiger partial charge on any atom is -0.478 e. The van der Waals surface area contributed by atoms with Gasteiger partial charge in [0.05, 0.1) is 22.4 Å². The Morgan fingerprint density at radius 1 is 1.04 bits per heavy atom. The van der Waals surface area contributed by atoms with E-state index in [0.717, 1.165) is 48.7 Å². The number of fused-ring (bicyclic) bond motifs is 1. The molecular formula is C33H30ClFN4O5S. The van der Waals surface area contributed by atoms with Crippen LogP contribution in [-0.2, 0) is 16.0 Å². The van der Waals surface area contributed by atoms with Crippen molar-refractivity contribution in [1.82, 2.24) is 9.27 Å². The number of nitrogens with one attached hydrogen (secondary N) is 1. The van der Waals surface area contributed by atoms with Crippen molar-refractivity contribution in [2.24, 2.45) is 0 Å². The van der Waals surface area contributed by atoms with Gasteiger partial charge in [-0.3, -0.25) is 9.59 Å². The van der Waals surface area contributed by atoms with Gasteiger partial charge < -0.3 is 25.0 Å². The second-order valence-electron chi connectivity index (χ2n) is 11.0. The molecule has 2 aliphatic rings. The first kappa shape index (κ1) is 30.7. The van der Waals surface area contributed by atoms with Crippen LogP contribution in [0.15, 0.2) is 66.7 Å². The zero-order valence-corrected chi connectivity index (χ0v) is 25.9. The molecule has 1 fully saturated rings. The van der Waals surface area contributed by atoms with Crippen molar-refractivity contribution in [3.05, 3.63) is 99.1 Å². The van der Waals surface area contributed by atoms with Crippen LogP contribution in [0.2, 0.25) is 5.02 Å². The number of hydrogen-bond acceptors (Lipinski definition) is 7. The number of amides is 2. The molecular weight excluding hydrogens is 619 g/mol. The molecule has 2 N–H and O–H groups in total. The first-order valence-corrected chi connectivity index (χ1v) is 15.7. The summed E-state index contributed by atoms with van der Waals surface area (Å²) in [6, 6.07) is 16.8. The monoisotopic (exact) mass is 648 g/mol. The number of carboxylic acids is 1. The smallest absolute Gasteiger partial charge is 0.335 e. The van der Waals surface area contributed by atoms with Crippen molar-refractivity contribution in [3.8, 4) is 11.3 Å². The van der Waals surface area contributed by atoms with Gasteiger partial charge in [-0.2, -0.15) is 4.37 Å². The molecule has 2 aliphatic heterocycles. The van der Waals surface area contributed by atoms with Gasteiger partial charge >= 0.3 is 5.97 Å². The molecule has 3 aromatic carbocycles. The van der Waals surface area contributed by atoms with E-state index in [9.17, 15) is 23.9 Å². The number of aromatic nitrogens is 1.